The minimum absolute atomic E-state index is 0.0515. The summed E-state index contributed by atoms with van der Waals surface area (Å²) in [4.78, 5) is 40.8. The first-order valence-corrected chi connectivity index (χ1v) is 9.79. The molecule has 1 aromatic heterocycles. The van der Waals surface area contributed by atoms with Crippen LogP contribution in [0.25, 0.3) is 11.0 Å². The molecule has 3 aromatic rings. The molecule has 0 unspecified atom stereocenters. The Kier molecular flexibility index (Phi) is 6.89. The Balaban J connectivity index is 2.04. The van der Waals surface area contributed by atoms with E-state index in [1.165, 1.54) is 19.2 Å². The van der Waals surface area contributed by atoms with Gasteiger partial charge in [-0.25, -0.2) is 14.2 Å². The van der Waals surface area contributed by atoms with Gasteiger partial charge >= 0.3 is 18.1 Å². The lowest BCUT2D eigenvalue weighted by atomic mass is 10.1. The molecule has 1 amide bonds. The molecular weight excluding hydrogens is 462 g/mol. The average molecular weight is 481 g/mol. The fourth-order valence-corrected chi connectivity index (χ4v) is 3.33. The summed E-state index contributed by atoms with van der Waals surface area (Å²) in [5.41, 5.74) is -1.93. The van der Waals surface area contributed by atoms with Gasteiger partial charge in [0.2, 0.25) is 0 Å². The summed E-state index contributed by atoms with van der Waals surface area (Å²) < 4.78 is 64.4. The SMILES string of the molecule is COC(=O)CCc1nc2cc(C(=O)OC)c(NC(=O)c3cccc(C(F)(F)F)c3F)cc2n1C. The van der Waals surface area contributed by atoms with Crippen molar-refractivity contribution in [3.63, 3.8) is 0 Å². The predicted octanol–water partition coefficient (Wildman–Crippen LogP) is 3.88. The van der Waals surface area contributed by atoms with Gasteiger partial charge in [-0.1, -0.05) is 6.07 Å². The Morgan fingerprint density at radius 2 is 1.79 bits per heavy atom. The van der Waals surface area contributed by atoms with Gasteiger partial charge in [0, 0.05) is 13.5 Å². The number of carbonyl (C=O) groups is 3. The molecule has 2 aromatic carbocycles. The number of hydrogen-bond donors (Lipinski definition) is 1. The molecule has 0 spiro atoms. The van der Waals surface area contributed by atoms with Crippen molar-refractivity contribution in [1.82, 2.24) is 9.55 Å². The zero-order valence-electron chi connectivity index (χ0n) is 18.2. The molecule has 0 saturated carbocycles. The lowest BCUT2D eigenvalue weighted by Crippen LogP contribution is -2.19. The number of esters is 2. The van der Waals surface area contributed by atoms with Crippen LogP contribution in [0.2, 0.25) is 0 Å². The quantitative estimate of drug-likeness (QED) is 0.424. The Bertz CT molecular complexity index is 1280. The molecule has 34 heavy (non-hydrogen) atoms. The maximum absolute atomic E-state index is 14.4. The number of hydrogen-bond acceptors (Lipinski definition) is 6. The van der Waals surface area contributed by atoms with E-state index >= 15 is 0 Å². The van der Waals surface area contributed by atoms with Crippen molar-refractivity contribution in [3.8, 4) is 0 Å². The highest BCUT2D eigenvalue weighted by Gasteiger charge is 2.36. The first-order chi connectivity index (χ1) is 16.0. The summed E-state index contributed by atoms with van der Waals surface area (Å²) in [6.45, 7) is 0. The Labute approximate surface area is 190 Å². The van der Waals surface area contributed by atoms with E-state index in [0.29, 0.717) is 22.9 Å². The molecule has 0 aliphatic heterocycles. The van der Waals surface area contributed by atoms with Crippen LogP contribution in [0.5, 0.6) is 0 Å². The van der Waals surface area contributed by atoms with Gasteiger partial charge in [-0.2, -0.15) is 13.2 Å². The number of ether oxygens (including phenoxy) is 2. The molecule has 1 N–H and O–H groups in total. The summed E-state index contributed by atoms with van der Waals surface area (Å²) in [6.07, 6.45) is -4.72. The lowest BCUT2D eigenvalue weighted by molar-refractivity contribution is -0.141. The summed E-state index contributed by atoms with van der Waals surface area (Å²) in [5.74, 6) is -3.76. The van der Waals surface area contributed by atoms with E-state index < -0.39 is 41.0 Å². The molecule has 12 heteroatoms. The topological polar surface area (TPSA) is 99.5 Å². The molecule has 0 radical (unpaired) electrons. The molecule has 1 heterocycles. The fourth-order valence-electron chi connectivity index (χ4n) is 3.33. The minimum Gasteiger partial charge on any atom is -0.469 e. The Morgan fingerprint density at radius 1 is 1.09 bits per heavy atom. The van der Waals surface area contributed by atoms with Gasteiger partial charge in [0.1, 0.15) is 11.6 Å². The Hall–Kier alpha value is -3.96. The van der Waals surface area contributed by atoms with Gasteiger partial charge in [0.05, 0.1) is 54.1 Å². The number of rotatable bonds is 6. The van der Waals surface area contributed by atoms with E-state index in [2.05, 4.69) is 15.0 Å². The number of halogens is 4. The number of amides is 1. The minimum atomic E-state index is -4.99. The van der Waals surface area contributed by atoms with Crippen LogP contribution in [0.3, 0.4) is 0 Å². The highest BCUT2D eigenvalue weighted by atomic mass is 19.4. The number of imidazole rings is 1. The van der Waals surface area contributed by atoms with Crippen LogP contribution in [0.1, 0.15) is 38.5 Å². The smallest absolute Gasteiger partial charge is 0.419 e. The standard InChI is InChI=1S/C22H19F4N3O5/c1-29-16-10-14(28-20(31)11-5-4-6-13(19(11)23)22(24,25)26)12(21(32)34-3)9-15(16)27-17(29)7-8-18(30)33-2/h4-6,9-10H,7-8H2,1-3H3,(H,28,31). The first-order valence-electron chi connectivity index (χ1n) is 9.79. The maximum Gasteiger partial charge on any atom is 0.419 e. The van der Waals surface area contributed by atoms with E-state index in [4.69, 9.17) is 4.74 Å². The van der Waals surface area contributed by atoms with E-state index in [1.54, 1.807) is 11.6 Å². The summed E-state index contributed by atoms with van der Waals surface area (Å²) in [7, 11) is 3.99. The second-order valence-electron chi connectivity index (χ2n) is 7.16. The number of fused-ring (bicyclic) bond motifs is 1. The van der Waals surface area contributed by atoms with Gasteiger partial charge < -0.3 is 19.4 Å². The van der Waals surface area contributed by atoms with Gasteiger partial charge in [0.25, 0.3) is 5.91 Å². The number of methoxy groups -OCH3 is 2. The third-order valence-corrected chi connectivity index (χ3v) is 5.10. The largest absolute Gasteiger partial charge is 0.469 e. The van der Waals surface area contributed by atoms with Crippen LogP contribution in [-0.4, -0.2) is 41.6 Å². The number of benzene rings is 2. The number of carbonyl (C=O) groups excluding carboxylic acids is 3. The molecule has 0 bridgehead atoms. The van der Waals surface area contributed by atoms with Crippen molar-refractivity contribution in [2.24, 2.45) is 7.05 Å². The monoisotopic (exact) mass is 481 g/mol. The first kappa shape index (κ1) is 24.7. The summed E-state index contributed by atoms with van der Waals surface area (Å²) in [5, 5.41) is 2.29. The highest BCUT2D eigenvalue weighted by molar-refractivity contribution is 6.10. The molecule has 0 saturated heterocycles. The zero-order valence-corrected chi connectivity index (χ0v) is 18.2. The van der Waals surface area contributed by atoms with Crippen molar-refractivity contribution in [1.29, 1.82) is 0 Å². The highest BCUT2D eigenvalue weighted by Crippen LogP contribution is 2.33. The molecule has 0 fully saturated rings. The zero-order chi connectivity index (χ0) is 25.2. The van der Waals surface area contributed by atoms with E-state index in [0.717, 1.165) is 19.2 Å². The van der Waals surface area contributed by atoms with Crippen molar-refractivity contribution in [3.05, 3.63) is 58.7 Å². The number of aryl methyl sites for hydroxylation is 2. The van der Waals surface area contributed by atoms with Crippen LogP contribution < -0.4 is 5.32 Å². The van der Waals surface area contributed by atoms with E-state index in [9.17, 15) is 31.9 Å². The fraction of sp³-hybridized carbons (Fsp3) is 0.273. The predicted molar refractivity (Wildman–Crippen MR) is 112 cm³/mol. The van der Waals surface area contributed by atoms with Gasteiger partial charge in [0.15, 0.2) is 0 Å². The number of nitrogens with one attached hydrogen (secondary N) is 1. The van der Waals surface area contributed by atoms with Crippen LogP contribution >= 0.6 is 0 Å². The molecule has 0 aliphatic carbocycles. The maximum atomic E-state index is 14.4. The number of aromatic nitrogens is 2. The second kappa shape index (κ2) is 9.49. The average Bonchev–Trinajstić information content (AvgIpc) is 3.10. The van der Waals surface area contributed by atoms with Crippen LogP contribution in [-0.2, 0) is 33.9 Å². The molecule has 0 atom stereocenters. The van der Waals surface area contributed by atoms with Crippen molar-refractivity contribution < 1.29 is 41.4 Å². The summed E-state index contributed by atoms with van der Waals surface area (Å²) >= 11 is 0. The van der Waals surface area contributed by atoms with Gasteiger partial charge in [-0.15, -0.1) is 0 Å². The Morgan fingerprint density at radius 3 is 2.41 bits per heavy atom. The normalized spacial score (nSPS) is 11.4. The number of alkyl halides is 3. The van der Waals surface area contributed by atoms with E-state index in [-0.39, 0.29) is 24.1 Å². The van der Waals surface area contributed by atoms with Gasteiger partial charge in [-0.3, -0.25) is 9.59 Å². The van der Waals surface area contributed by atoms with Gasteiger partial charge in [-0.05, 0) is 24.3 Å². The molecule has 8 nitrogen and oxygen atoms in total. The van der Waals surface area contributed by atoms with Crippen molar-refractivity contribution in [2.75, 3.05) is 19.5 Å². The van der Waals surface area contributed by atoms with E-state index in [1.807, 2.05) is 0 Å². The number of anilines is 1. The van der Waals surface area contributed by atoms with Crippen LogP contribution in [0.15, 0.2) is 30.3 Å². The molecule has 0 aliphatic rings. The van der Waals surface area contributed by atoms with Crippen LogP contribution in [0.4, 0.5) is 23.2 Å². The van der Waals surface area contributed by atoms with Crippen molar-refractivity contribution in [2.45, 2.75) is 19.0 Å². The lowest BCUT2D eigenvalue weighted by Gasteiger charge is -2.13. The number of nitrogens with zero attached hydrogens (tertiary/aromatic N) is 2. The second-order valence-corrected chi connectivity index (χ2v) is 7.16. The third kappa shape index (κ3) is 4.85. The van der Waals surface area contributed by atoms with Crippen LogP contribution in [0, 0.1) is 5.82 Å². The molecular formula is C22H19F4N3O5. The van der Waals surface area contributed by atoms with Crippen molar-refractivity contribution >= 4 is 34.6 Å². The molecule has 180 valence electrons. The molecule has 3 rings (SSSR count). The third-order valence-electron chi connectivity index (χ3n) is 5.10. The summed E-state index contributed by atoms with van der Waals surface area (Å²) in [6, 6.07) is 5.00.